The van der Waals surface area contributed by atoms with Gasteiger partial charge in [-0.05, 0) is 59.4 Å². The van der Waals surface area contributed by atoms with Gasteiger partial charge in [-0.3, -0.25) is 4.79 Å². The highest BCUT2D eigenvalue weighted by molar-refractivity contribution is 5.98. The Hall–Kier alpha value is -2.30. The first kappa shape index (κ1) is 18.0. The number of nitrogens with zero attached hydrogens (tertiary/aromatic N) is 2. The van der Waals surface area contributed by atoms with Gasteiger partial charge in [-0.25, -0.2) is 4.99 Å². The van der Waals surface area contributed by atoms with Crippen LogP contribution in [0.3, 0.4) is 0 Å². The molecule has 0 unspecified atom stereocenters. The average Bonchev–Trinajstić information content (AvgIpc) is 3.10. The fraction of sp³-hybridized carbons (Fsp3) is 0.474. The minimum atomic E-state index is -0.0856. The molecule has 0 radical (unpaired) electrons. The molecule has 5 nitrogen and oxygen atoms in total. The fourth-order valence-electron chi connectivity index (χ4n) is 2.68. The molecule has 1 aromatic heterocycles. The van der Waals surface area contributed by atoms with E-state index in [1.54, 1.807) is 0 Å². The Morgan fingerprint density at radius 2 is 2.04 bits per heavy atom. The zero-order chi connectivity index (χ0) is 17.9. The molecule has 2 rings (SSSR count). The van der Waals surface area contributed by atoms with E-state index in [4.69, 9.17) is 0 Å². The first-order valence-electron chi connectivity index (χ1n) is 8.29. The van der Waals surface area contributed by atoms with Crippen molar-refractivity contribution in [3.05, 3.63) is 46.6 Å². The van der Waals surface area contributed by atoms with E-state index in [9.17, 15) is 4.79 Å². The molecule has 0 saturated heterocycles. The number of allylic oxidation sites excluding steroid dienone is 1. The molecule has 1 heterocycles. The molecule has 0 aliphatic heterocycles. The Balaban J connectivity index is 2.18. The van der Waals surface area contributed by atoms with E-state index < -0.39 is 0 Å². The minimum Gasteiger partial charge on any atom is -0.365 e. The van der Waals surface area contributed by atoms with E-state index in [1.165, 1.54) is 0 Å². The van der Waals surface area contributed by atoms with Crippen molar-refractivity contribution in [3.63, 3.8) is 0 Å². The third-order valence-corrected chi connectivity index (χ3v) is 4.52. The Kier molecular flexibility index (Phi) is 5.32. The van der Waals surface area contributed by atoms with Crippen molar-refractivity contribution in [2.24, 2.45) is 12.0 Å². The summed E-state index contributed by atoms with van der Waals surface area (Å²) in [5.74, 6) is 0.609. The second-order valence-electron chi connectivity index (χ2n) is 6.99. The van der Waals surface area contributed by atoms with Crippen LogP contribution in [0.5, 0.6) is 0 Å². The van der Waals surface area contributed by atoms with Gasteiger partial charge in [0.25, 0.3) is 5.91 Å². The molecule has 1 fully saturated rings. The molecule has 24 heavy (non-hydrogen) atoms. The fourth-order valence-corrected chi connectivity index (χ4v) is 2.68. The zero-order valence-electron chi connectivity index (χ0n) is 15.4. The second kappa shape index (κ2) is 7.07. The largest absolute Gasteiger partial charge is 0.365 e. The Labute approximate surface area is 144 Å². The van der Waals surface area contributed by atoms with Gasteiger partial charge in [0.1, 0.15) is 5.82 Å². The summed E-state index contributed by atoms with van der Waals surface area (Å²) in [6.07, 6.45) is 4.20. The summed E-state index contributed by atoms with van der Waals surface area (Å²) < 4.78 is 2.00. The monoisotopic (exact) mass is 328 g/mol. The smallest absolute Gasteiger partial charge is 0.251 e. The maximum absolute atomic E-state index is 12.7. The SMILES string of the molecule is C=N/C(NC1(C)CC1)=C(\C)C(C(=O)NCc1cccn1C)=C(C)C. The number of carbonyl (C=O) groups is 1. The maximum Gasteiger partial charge on any atom is 0.251 e. The van der Waals surface area contributed by atoms with Gasteiger partial charge in [-0.15, -0.1) is 0 Å². The quantitative estimate of drug-likeness (QED) is 0.459. The summed E-state index contributed by atoms with van der Waals surface area (Å²) in [6, 6.07) is 3.96. The summed E-state index contributed by atoms with van der Waals surface area (Å²) >= 11 is 0. The van der Waals surface area contributed by atoms with Crippen LogP contribution in [0.1, 0.15) is 46.2 Å². The Bertz CT molecular complexity index is 701. The van der Waals surface area contributed by atoms with Gasteiger partial charge in [0, 0.05) is 35.6 Å². The topological polar surface area (TPSA) is 58.4 Å². The van der Waals surface area contributed by atoms with Crippen LogP contribution in [0.25, 0.3) is 0 Å². The van der Waals surface area contributed by atoms with Crippen LogP contribution < -0.4 is 10.6 Å². The summed E-state index contributed by atoms with van der Waals surface area (Å²) in [6.45, 7) is 12.1. The van der Waals surface area contributed by atoms with E-state index in [0.29, 0.717) is 17.9 Å². The van der Waals surface area contributed by atoms with Gasteiger partial charge in [-0.2, -0.15) is 0 Å². The molecule has 1 saturated carbocycles. The van der Waals surface area contributed by atoms with Gasteiger partial charge in [-0.1, -0.05) is 5.57 Å². The summed E-state index contributed by atoms with van der Waals surface area (Å²) in [4.78, 5) is 16.9. The number of aliphatic imine (C=N–C) groups is 1. The van der Waals surface area contributed by atoms with E-state index in [1.807, 2.05) is 50.7 Å². The van der Waals surface area contributed by atoms with E-state index in [2.05, 4.69) is 29.3 Å². The predicted molar refractivity (Wildman–Crippen MR) is 98.7 cm³/mol. The van der Waals surface area contributed by atoms with Crippen molar-refractivity contribution in [3.8, 4) is 0 Å². The highest BCUT2D eigenvalue weighted by atomic mass is 16.1. The molecule has 0 spiro atoms. The van der Waals surface area contributed by atoms with E-state index >= 15 is 0 Å². The van der Waals surface area contributed by atoms with Gasteiger partial charge < -0.3 is 15.2 Å². The molecule has 1 aromatic rings. The molecule has 130 valence electrons. The minimum absolute atomic E-state index is 0.0856. The lowest BCUT2D eigenvalue weighted by Crippen LogP contribution is -2.30. The van der Waals surface area contributed by atoms with Crippen molar-refractivity contribution >= 4 is 12.6 Å². The molecule has 1 aliphatic carbocycles. The number of amides is 1. The predicted octanol–water partition coefficient (Wildman–Crippen LogP) is 3.05. The van der Waals surface area contributed by atoms with Crippen molar-refractivity contribution in [2.75, 3.05) is 0 Å². The van der Waals surface area contributed by atoms with Crippen molar-refractivity contribution < 1.29 is 4.79 Å². The van der Waals surface area contributed by atoms with Crippen LogP contribution in [0.4, 0.5) is 0 Å². The molecule has 0 aromatic carbocycles. The van der Waals surface area contributed by atoms with Crippen LogP contribution >= 0.6 is 0 Å². The zero-order valence-corrected chi connectivity index (χ0v) is 15.4. The van der Waals surface area contributed by atoms with Gasteiger partial charge in [0.05, 0.1) is 6.54 Å². The lowest BCUT2D eigenvalue weighted by Gasteiger charge is -2.18. The number of rotatable bonds is 7. The molecular weight excluding hydrogens is 300 g/mol. The van der Waals surface area contributed by atoms with Crippen LogP contribution in [-0.2, 0) is 18.4 Å². The summed E-state index contributed by atoms with van der Waals surface area (Å²) in [5, 5.41) is 6.42. The number of hydrogen-bond donors (Lipinski definition) is 2. The van der Waals surface area contributed by atoms with Gasteiger partial charge in [0.15, 0.2) is 0 Å². The standard InChI is InChI=1S/C19H28N4O/c1-13(2)16(14(3)17(20-5)22-19(4)9-10-19)18(24)21-12-15-8-7-11-23(15)6/h7-8,11,22H,5,9-10,12H2,1-4,6H3,(H,21,24)/b17-14-. The summed E-state index contributed by atoms with van der Waals surface area (Å²) in [7, 11) is 1.97. The first-order chi connectivity index (χ1) is 11.3. The maximum atomic E-state index is 12.7. The average molecular weight is 328 g/mol. The molecule has 2 N–H and O–H groups in total. The number of nitrogens with one attached hydrogen (secondary N) is 2. The Morgan fingerprint density at radius 3 is 2.50 bits per heavy atom. The number of hydrogen-bond acceptors (Lipinski definition) is 3. The molecule has 0 atom stereocenters. The molecular formula is C19H28N4O. The number of aryl methyl sites for hydroxylation is 1. The van der Waals surface area contributed by atoms with Gasteiger partial charge in [0.2, 0.25) is 0 Å². The van der Waals surface area contributed by atoms with Gasteiger partial charge >= 0.3 is 0 Å². The van der Waals surface area contributed by atoms with Crippen LogP contribution in [0.2, 0.25) is 0 Å². The molecule has 1 amide bonds. The molecule has 5 heteroatoms. The normalized spacial score (nSPS) is 16.0. The van der Waals surface area contributed by atoms with Crippen LogP contribution in [0.15, 0.2) is 45.9 Å². The third kappa shape index (κ3) is 4.16. The van der Waals surface area contributed by atoms with Crippen LogP contribution in [-0.4, -0.2) is 22.7 Å². The third-order valence-electron chi connectivity index (χ3n) is 4.52. The lowest BCUT2D eigenvalue weighted by molar-refractivity contribution is -0.117. The van der Waals surface area contributed by atoms with Crippen LogP contribution in [0, 0.1) is 0 Å². The lowest BCUT2D eigenvalue weighted by atomic mass is 10.0. The highest BCUT2D eigenvalue weighted by Gasteiger charge is 2.38. The molecule has 0 bridgehead atoms. The summed E-state index contributed by atoms with van der Waals surface area (Å²) in [5.41, 5.74) is 3.61. The Morgan fingerprint density at radius 1 is 1.38 bits per heavy atom. The van der Waals surface area contributed by atoms with Crippen molar-refractivity contribution in [2.45, 2.75) is 52.6 Å². The first-order valence-corrected chi connectivity index (χ1v) is 8.29. The van der Waals surface area contributed by atoms with E-state index in [0.717, 1.165) is 29.7 Å². The van der Waals surface area contributed by atoms with Crippen molar-refractivity contribution in [1.82, 2.24) is 15.2 Å². The highest BCUT2D eigenvalue weighted by Crippen LogP contribution is 2.36. The van der Waals surface area contributed by atoms with E-state index in [-0.39, 0.29) is 11.4 Å². The van der Waals surface area contributed by atoms with Crippen molar-refractivity contribution in [1.29, 1.82) is 0 Å². The number of aromatic nitrogens is 1. The second-order valence-corrected chi connectivity index (χ2v) is 6.99. The molecule has 1 aliphatic rings. The number of carbonyl (C=O) groups excluding carboxylic acids is 1.